The first kappa shape index (κ1) is 22.3. The van der Waals surface area contributed by atoms with E-state index in [1.807, 2.05) is 0 Å². The van der Waals surface area contributed by atoms with E-state index in [-0.39, 0.29) is 29.9 Å². The second-order valence-electron chi connectivity index (χ2n) is 7.20. The van der Waals surface area contributed by atoms with Crippen molar-refractivity contribution >= 4 is 44.3 Å². The lowest BCUT2D eigenvalue weighted by Crippen LogP contribution is -2.50. The third-order valence-electron chi connectivity index (χ3n) is 5.10. The molecule has 0 unspecified atom stereocenters. The number of aliphatic imine (C=N–C) groups is 1. The van der Waals surface area contributed by atoms with Crippen LogP contribution in [0, 0.1) is 0 Å². The summed E-state index contributed by atoms with van der Waals surface area (Å²) in [5.74, 6) is 0.0770. The quantitative estimate of drug-likeness (QED) is 0.377. The van der Waals surface area contributed by atoms with Crippen molar-refractivity contribution < 1.29 is 13.2 Å². The first-order chi connectivity index (χ1) is 14.3. The van der Waals surface area contributed by atoms with Crippen LogP contribution in [0.15, 0.2) is 46.3 Å². The molecule has 2 aromatic rings. The van der Waals surface area contributed by atoms with Crippen LogP contribution in [-0.2, 0) is 14.8 Å². The molecule has 1 aliphatic heterocycles. The van der Waals surface area contributed by atoms with E-state index in [0.717, 1.165) is 17.2 Å². The minimum Gasteiger partial charge on any atom is -0.370 e. The Hall–Kier alpha value is -2.36. The van der Waals surface area contributed by atoms with Crippen LogP contribution >= 0.6 is 11.6 Å². The number of hydrogen-bond acceptors (Lipinski definition) is 4. The molecule has 0 bridgehead atoms. The molecule has 162 valence electrons. The van der Waals surface area contributed by atoms with Crippen LogP contribution in [0.1, 0.15) is 19.3 Å². The molecule has 1 heterocycles. The maximum atomic E-state index is 13.0. The number of benzene rings is 2. The minimum atomic E-state index is -3.62. The number of carbonyl (C=O) groups is 1. The molecule has 2 aromatic carbocycles. The average molecular weight is 452 g/mol. The van der Waals surface area contributed by atoms with E-state index in [1.54, 1.807) is 41.3 Å². The van der Waals surface area contributed by atoms with Crippen molar-refractivity contribution in [2.24, 2.45) is 16.5 Å². The molecular weight excluding hydrogens is 426 g/mol. The Kier molecular flexibility index (Phi) is 7.17. The molecule has 1 fully saturated rings. The van der Waals surface area contributed by atoms with E-state index in [4.69, 9.17) is 23.1 Å². The number of nitrogens with two attached hydrogens (primary N) is 2. The number of amides is 1. The molecule has 10 heteroatoms. The predicted octanol–water partition coefficient (Wildman–Crippen LogP) is 1.77. The van der Waals surface area contributed by atoms with Gasteiger partial charge < -0.3 is 16.4 Å². The number of rotatable bonds is 7. The zero-order chi connectivity index (χ0) is 21.7. The second-order valence-corrected chi connectivity index (χ2v) is 9.58. The molecule has 30 heavy (non-hydrogen) atoms. The smallest absolute Gasteiger partial charge is 0.243 e. The number of sulfonamides is 1. The first-order valence-corrected chi connectivity index (χ1v) is 11.6. The van der Waals surface area contributed by atoms with Crippen molar-refractivity contribution in [1.29, 1.82) is 0 Å². The van der Waals surface area contributed by atoms with E-state index >= 15 is 0 Å². The monoisotopic (exact) mass is 451 g/mol. The summed E-state index contributed by atoms with van der Waals surface area (Å²) in [6, 6.07) is 10.4. The van der Waals surface area contributed by atoms with Crippen LogP contribution < -0.4 is 11.5 Å². The van der Waals surface area contributed by atoms with Crippen molar-refractivity contribution in [1.82, 2.24) is 9.21 Å². The van der Waals surface area contributed by atoms with Crippen molar-refractivity contribution in [2.75, 3.05) is 32.7 Å². The Labute approximate surface area is 181 Å². The molecule has 0 aliphatic carbocycles. The summed E-state index contributed by atoms with van der Waals surface area (Å²) in [5.41, 5.74) is 10.5. The van der Waals surface area contributed by atoms with Gasteiger partial charge in [0.25, 0.3) is 0 Å². The highest BCUT2D eigenvalue weighted by Crippen LogP contribution is 2.25. The molecule has 8 nitrogen and oxygen atoms in total. The summed E-state index contributed by atoms with van der Waals surface area (Å²) in [6.07, 6.45) is 1.82. The van der Waals surface area contributed by atoms with Crippen LogP contribution in [0.5, 0.6) is 0 Å². The third kappa shape index (κ3) is 5.41. The second kappa shape index (κ2) is 9.63. The van der Waals surface area contributed by atoms with Crippen LogP contribution in [0.4, 0.5) is 0 Å². The van der Waals surface area contributed by atoms with Gasteiger partial charge in [-0.05, 0) is 47.9 Å². The molecule has 1 aliphatic rings. The Balaban J connectivity index is 1.56. The molecule has 0 saturated carbocycles. The zero-order valence-corrected chi connectivity index (χ0v) is 18.2. The van der Waals surface area contributed by atoms with Crippen molar-refractivity contribution in [2.45, 2.75) is 24.2 Å². The topological polar surface area (TPSA) is 122 Å². The zero-order valence-electron chi connectivity index (χ0n) is 16.6. The van der Waals surface area contributed by atoms with Crippen molar-refractivity contribution in [3.8, 4) is 0 Å². The van der Waals surface area contributed by atoms with Crippen LogP contribution in [0.2, 0.25) is 5.02 Å². The predicted molar refractivity (Wildman–Crippen MR) is 119 cm³/mol. The van der Waals surface area contributed by atoms with E-state index < -0.39 is 10.0 Å². The Morgan fingerprint density at radius 1 is 1.00 bits per heavy atom. The molecule has 0 spiro atoms. The van der Waals surface area contributed by atoms with Crippen LogP contribution in [-0.4, -0.2) is 62.2 Å². The maximum Gasteiger partial charge on any atom is 0.243 e. The van der Waals surface area contributed by atoms with E-state index in [2.05, 4.69) is 4.99 Å². The molecule has 1 saturated heterocycles. The molecule has 0 atom stereocenters. The molecule has 4 N–H and O–H groups in total. The van der Waals surface area contributed by atoms with Crippen molar-refractivity contribution in [3.05, 3.63) is 41.4 Å². The van der Waals surface area contributed by atoms with Gasteiger partial charge in [0.15, 0.2) is 5.96 Å². The van der Waals surface area contributed by atoms with Gasteiger partial charge in [-0.15, -0.1) is 0 Å². The van der Waals surface area contributed by atoms with Crippen molar-refractivity contribution in [3.63, 3.8) is 0 Å². The van der Waals surface area contributed by atoms with Gasteiger partial charge in [-0.3, -0.25) is 9.79 Å². The van der Waals surface area contributed by atoms with Crippen LogP contribution in [0.25, 0.3) is 10.8 Å². The summed E-state index contributed by atoms with van der Waals surface area (Å²) >= 11 is 5.99. The number of hydrogen-bond donors (Lipinski definition) is 2. The molecule has 3 rings (SSSR count). The maximum absolute atomic E-state index is 13.0. The third-order valence-corrected chi connectivity index (χ3v) is 7.23. The fraction of sp³-hybridized carbons (Fsp3) is 0.400. The number of carbonyl (C=O) groups excluding carboxylic acids is 1. The SMILES string of the molecule is NC(N)=NCCCCC(=O)N1CCN(S(=O)(=O)c2ccc3cc(Cl)ccc3c2)CC1. The Morgan fingerprint density at radius 2 is 1.67 bits per heavy atom. The molecule has 0 radical (unpaired) electrons. The van der Waals surface area contributed by atoms with E-state index in [9.17, 15) is 13.2 Å². The van der Waals surface area contributed by atoms with E-state index in [0.29, 0.717) is 37.5 Å². The lowest BCUT2D eigenvalue weighted by Gasteiger charge is -2.34. The van der Waals surface area contributed by atoms with Gasteiger partial charge in [0.1, 0.15) is 0 Å². The molecule has 1 amide bonds. The molecule has 0 aromatic heterocycles. The lowest BCUT2D eigenvalue weighted by atomic mass is 10.1. The fourth-order valence-electron chi connectivity index (χ4n) is 3.44. The lowest BCUT2D eigenvalue weighted by molar-refractivity contribution is -0.132. The number of fused-ring (bicyclic) bond motifs is 1. The van der Waals surface area contributed by atoms with Gasteiger partial charge in [-0.25, -0.2) is 8.42 Å². The Morgan fingerprint density at radius 3 is 2.37 bits per heavy atom. The summed E-state index contributed by atoms with van der Waals surface area (Å²) in [7, 11) is -3.62. The average Bonchev–Trinajstić information content (AvgIpc) is 2.72. The van der Waals surface area contributed by atoms with Gasteiger partial charge >= 0.3 is 0 Å². The number of guanidine groups is 1. The van der Waals surface area contributed by atoms with Gasteiger partial charge in [-0.1, -0.05) is 23.7 Å². The summed E-state index contributed by atoms with van der Waals surface area (Å²) in [5, 5.41) is 2.31. The number of halogens is 1. The standard InChI is InChI=1S/C20H26ClN5O3S/c21-17-6-4-16-14-18(7-5-15(16)13-17)30(28,29)26-11-9-25(10-12-26)19(27)3-1-2-8-24-20(22)23/h4-7,13-14H,1-3,8-12H2,(H4,22,23,24). The van der Waals surface area contributed by atoms with Gasteiger partial charge in [0.05, 0.1) is 4.90 Å². The highest BCUT2D eigenvalue weighted by Gasteiger charge is 2.30. The van der Waals surface area contributed by atoms with Gasteiger partial charge in [-0.2, -0.15) is 4.31 Å². The number of nitrogens with zero attached hydrogens (tertiary/aromatic N) is 3. The summed E-state index contributed by atoms with van der Waals surface area (Å²) in [4.78, 5) is 18.2. The Bertz CT molecular complexity index is 1050. The largest absolute Gasteiger partial charge is 0.370 e. The highest BCUT2D eigenvalue weighted by molar-refractivity contribution is 7.89. The van der Waals surface area contributed by atoms with Gasteiger partial charge in [0, 0.05) is 44.2 Å². The minimum absolute atomic E-state index is 0.0272. The number of piperazine rings is 1. The van der Waals surface area contributed by atoms with E-state index in [1.165, 1.54) is 4.31 Å². The fourth-order valence-corrected chi connectivity index (χ4v) is 5.07. The summed E-state index contributed by atoms with van der Waals surface area (Å²) in [6.45, 7) is 1.82. The summed E-state index contributed by atoms with van der Waals surface area (Å²) < 4.78 is 27.5. The van der Waals surface area contributed by atoms with Gasteiger partial charge in [0.2, 0.25) is 15.9 Å². The normalized spacial score (nSPS) is 15.3. The molecular formula is C20H26ClN5O3S. The van der Waals surface area contributed by atoms with Crippen LogP contribution in [0.3, 0.4) is 0 Å². The number of unbranched alkanes of at least 4 members (excludes halogenated alkanes) is 1. The highest BCUT2D eigenvalue weighted by atomic mass is 35.5. The first-order valence-electron chi connectivity index (χ1n) is 9.80.